The van der Waals surface area contributed by atoms with E-state index in [1.807, 2.05) is 30.3 Å². The largest absolute Gasteiger partial charge is 0.139 e. The Morgan fingerprint density at radius 1 is 1.25 bits per heavy atom. The third-order valence-corrected chi connectivity index (χ3v) is 2.37. The average Bonchev–Trinajstić information content (AvgIpc) is 2.53. The highest BCUT2D eigenvalue weighted by molar-refractivity contribution is 5.19. The quantitative estimate of drug-likeness (QED) is 0.578. The van der Waals surface area contributed by atoms with Crippen molar-refractivity contribution in [1.29, 1.82) is 0 Å². The van der Waals surface area contributed by atoms with Gasteiger partial charge in [0.2, 0.25) is 0 Å². The van der Waals surface area contributed by atoms with Crippen LogP contribution in [0.2, 0.25) is 0 Å². The van der Waals surface area contributed by atoms with Crippen molar-refractivity contribution < 1.29 is 4.48 Å². The van der Waals surface area contributed by atoms with Crippen LogP contribution in [0.25, 0.3) is 0 Å². The summed E-state index contributed by atoms with van der Waals surface area (Å²) in [5.41, 5.74) is 1.09. The van der Waals surface area contributed by atoms with Crippen LogP contribution in [0.15, 0.2) is 30.3 Å². The molecule has 1 atom stereocenters. The summed E-state index contributed by atoms with van der Waals surface area (Å²) in [4.78, 5) is 0. The van der Waals surface area contributed by atoms with E-state index in [1.165, 1.54) is 0 Å². The number of benzene rings is 1. The summed E-state index contributed by atoms with van der Waals surface area (Å²) in [6.07, 6.45) is 1.91. The van der Waals surface area contributed by atoms with Gasteiger partial charge in [0.15, 0.2) is 0 Å². The minimum atomic E-state index is 0.00574. The molecule has 2 heteroatoms. The van der Waals surface area contributed by atoms with Crippen molar-refractivity contribution in [3.8, 4) is 0 Å². The molecule has 2 rings (SSSR count). The first-order valence-corrected chi connectivity index (χ1v) is 4.35. The molecule has 1 fully saturated rings. The van der Waals surface area contributed by atoms with Crippen LogP contribution in [-0.4, -0.2) is 11.7 Å². The topological polar surface area (TPSA) is 3.24 Å². The summed E-state index contributed by atoms with van der Waals surface area (Å²) in [7, 11) is 0. The van der Waals surface area contributed by atoms with E-state index >= 15 is 0 Å². The summed E-state index contributed by atoms with van der Waals surface area (Å²) < 4.78 is 13.1. The summed E-state index contributed by atoms with van der Waals surface area (Å²) in [5.74, 6) is 0. The van der Waals surface area contributed by atoms with Crippen LogP contribution in [0.3, 0.4) is 0 Å². The van der Waals surface area contributed by atoms with Crippen LogP contribution in [0.4, 0.5) is 4.48 Å². The number of nitrogens with zero attached hydrogens (tertiary/aromatic N) is 1. The molecule has 1 saturated heterocycles. The lowest BCUT2D eigenvalue weighted by Gasteiger charge is -2.14. The second kappa shape index (κ2) is 3.23. The predicted molar refractivity (Wildman–Crippen MR) is 46.2 cm³/mol. The highest BCUT2D eigenvalue weighted by Gasteiger charge is 2.25. The zero-order valence-electron chi connectivity index (χ0n) is 6.91. The van der Waals surface area contributed by atoms with Gasteiger partial charge in [-0.15, -0.1) is 9.60 Å². The van der Waals surface area contributed by atoms with Crippen LogP contribution in [0.5, 0.6) is 0 Å². The number of rotatable bonds is 1. The van der Waals surface area contributed by atoms with Crippen molar-refractivity contribution in [2.45, 2.75) is 18.9 Å². The van der Waals surface area contributed by atoms with E-state index in [0.717, 1.165) is 23.5 Å². The van der Waals surface area contributed by atoms with Crippen molar-refractivity contribution in [3.05, 3.63) is 35.9 Å². The fourth-order valence-electron chi connectivity index (χ4n) is 1.74. The molecule has 1 aromatic rings. The lowest BCUT2D eigenvalue weighted by molar-refractivity contribution is 0.0102. The molecule has 0 spiro atoms. The molecule has 0 radical (unpaired) electrons. The third-order valence-electron chi connectivity index (χ3n) is 2.37. The second-order valence-electron chi connectivity index (χ2n) is 3.19. The van der Waals surface area contributed by atoms with E-state index < -0.39 is 0 Å². The Kier molecular flexibility index (Phi) is 2.09. The van der Waals surface area contributed by atoms with E-state index in [2.05, 4.69) is 0 Å². The molecule has 0 saturated carbocycles. The number of hydrogen-bond donors (Lipinski definition) is 0. The molecule has 1 aliphatic heterocycles. The fourth-order valence-corrected chi connectivity index (χ4v) is 1.74. The van der Waals surface area contributed by atoms with Gasteiger partial charge in [0.05, 0.1) is 6.04 Å². The van der Waals surface area contributed by atoms with E-state index in [-0.39, 0.29) is 6.04 Å². The van der Waals surface area contributed by atoms with Gasteiger partial charge in [0, 0.05) is 6.54 Å². The monoisotopic (exact) mass is 165 g/mol. The Morgan fingerprint density at radius 2 is 2.00 bits per heavy atom. The standard InChI is InChI=1S/C10H12FN/c11-12-8-4-7-10(12)9-5-2-1-3-6-9/h1-3,5-6,10H,4,7-8H2. The smallest absolute Gasteiger partial charge is 0.0652 e. The van der Waals surface area contributed by atoms with Gasteiger partial charge in [-0.1, -0.05) is 30.3 Å². The maximum absolute atomic E-state index is 13.1. The maximum atomic E-state index is 13.1. The van der Waals surface area contributed by atoms with Crippen molar-refractivity contribution in [3.63, 3.8) is 0 Å². The van der Waals surface area contributed by atoms with Crippen molar-refractivity contribution in [1.82, 2.24) is 5.12 Å². The summed E-state index contributed by atoms with van der Waals surface area (Å²) in [6, 6.07) is 9.86. The molecule has 0 N–H and O–H groups in total. The van der Waals surface area contributed by atoms with Gasteiger partial charge >= 0.3 is 0 Å². The molecule has 0 bridgehead atoms. The van der Waals surface area contributed by atoms with Crippen LogP contribution in [0.1, 0.15) is 24.4 Å². The van der Waals surface area contributed by atoms with Crippen LogP contribution >= 0.6 is 0 Å². The molecular formula is C10H12FN. The van der Waals surface area contributed by atoms with Crippen LogP contribution in [0, 0.1) is 0 Å². The van der Waals surface area contributed by atoms with Gasteiger partial charge in [0.25, 0.3) is 0 Å². The van der Waals surface area contributed by atoms with Gasteiger partial charge in [-0.2, -0.15) is 0 Å². The van der Waals surface area contributed by atoms with Gasteiger partial charge in [0.1, 0.15) is 0 Å². The molecule has 64 valence electrons. The van der Waals surface area contributed by atoms with Gasteiger partial charge in [-0.3, -0.25) is 0 Å². The maximum Gasteiger partial charge on any atom is 0.0652 e. The second-order valence-corrected chi connectivity index (χ2v) is 3.19. The molecule has 1 heterocycles. The Bertz CT molecular complexity index is 247. The molecular weight excluding hydrogens is 153 g/mol. The van der Waals surface area contributed by atoms with Gasteiger partial charge in [-0.25, -0.2) is 0 Å². The lowest BCUT2D eigenvalue weighted by Crippen LogP contribution is -2.12. The molecule has 1 unspecified atom stereocenters. The van der Waals surface area contributed by atoms with Crippen LogP contribution in [-0.2, 0) is 0 Å². The molecule has 0 aromatic heterocycles. The highest BCUT2D eigenvalue weighted by Crippen LogP contribution is 2.31. The minimum Gasteiger partial charge on any atom is -0.139 e. The Labute approximate surface area is 71.7 Å². The van der Waals surface area contributed by atoms with Gasteiger partial charge in [-0.05, 0) is 18.4 Å². The molecule has 1 nitrogen and oxygen atoms in total. The fraction of sp³-hybridized carbons (Fsp3) is 0.400. The summed E-state index contributed by atoms with van der Waals surface area (Å²) >= 11 is 0. The first kappa shape index (κ1) is 7.74. The molecule has 1 aliphatic rings. The zero-order chi connectivity index (χ0) is 8.39. The van der Waals surface area contributed by atoms with Crippen LogP contribution < -0.4 is 0 Å². The minimum absolute atomic E-state index is 0.00574. The van der Waals surface area contributed by atoms with Gasteiger partial charge < -0.3 is 0 Å². The number of hydrogen-bond acceptors (Lipinski definition) is 1. The van der Waals surface area contributed by atoms with E-state index in [9.17, 15) is 4.48 Å². The predicted octanol–water partition coefficient (Wildman–Crippen LogP) is 2.71. The lowest BCUT2D eigenvalue weighted by atomic mass is 10.1. The Hall–Kier alpha value is -0.890. The summed E-state index contributed by atoms with van der Waals surface area (Å²) in [6.45, 7) is 0.583. The molecule has 12 heavy (non-hydrogen) atoms. The Morgan fingerprint density at radius 3 is 2.58 bits per heavy atom. The average molecular weight is 165 g/mol. The SMILES string of the molecule is FN1CCCC1c1ccccc1. The van der Waals surface area contributed by atoms with E-state index in [1.54, 1.807) is 0 Å². The van der Waals surface area contributed by atoms with E-state index in [4.69, 9.17) is 0 Å². The zero-order valence-corrected chi connectivity index (χ0v) is 6.91. The Balaban J connectivity index is 2.19. The normalized spacial score (nSPS) is 24.6. The number of halogens is 1. The first-order valence-electron chi connectivity index (χ1n) is 4.35. The third kappa shape index (κ3) is 1.34. The highest BCUT2D eigenvalue weighted by atomic mass is 19.2. The first-order chi connectivity index (χ1) is 5.88. The van der Waals surface area contributed by atoms with Crippen molar-refractivity contribution in [2.24, 2.45) is 0 Å². The van der Waals surface area contributed by atoms with E-state index in [0.29, 0.717) is 6.54 Å². The molecule has 1 aromatic carbocycles. The van der Waals surface area contributed by atoms with Crippen molar-refractivity contribution >= 4 is 0 Å². The van der Waals surface area contributed by atoms with Crippen molar-refractivity contribution in [2.75, 3.05) is 6.54 Å². The molecule has 0 amide bonds. The summed E-state index contributed by atoms with van der Waals surface area (Å²) in [5, 5.41) is 0.940. The molecule has 0 aliphatic carbocycles.